The summed E-state index contributed by atoms with van der Waals surface area (Å²) < 4.78 is 1.70. The molecule has 0 bridgehead atoms. The number of carboxylic acid groups (broad SMARTS) is 1. The van der Waals surface area contributed by atoms with Gasteiger partial charge in [-0.2, -0.15) is 5.10 Å². The number of carbonyl (C=O) groups excluding carboxylic acids is 1. The fourth-order valence-electron chi connectivity index (χ4n) is 1.67. The predicted molar refractivity (Wildman–Crippen MR) is 69.8 cm³/mol. The first-order valence-corrected chi connectivity index (χ1v) is 6.25. The van der Waals surface area contributed by atoms with Crippen LogP contribution in [-0.2, 0) is 18.3 Å². The fourth-order valence-corrected chi connectivity index (χ4v) is 1.67. The SMILES string of the molecule is CCC(CC(=O)O)NC(=O)NCCc1cnn(C)c1. The van der Waals surface area contributed by atoms with Gasteiger partial charge in [0.05, 0.1) is 12.6 Å². The van der Waals surface area contributed by atoms with Crippen LogP contribution in [0.1, 0.15) is 25.3 Å². The van der Waals surface area contributed by atoms with E-state index in [1.165, 1.54) is 0 Å². The Labute approximate surface area is 112 Å². The molecule has 1 unspecified atom stereocenters. The molecular weight excluding hydrogens is 248 g/mol. The Bertz CT molecular complexity index is 430. The maximum absolute atomic E-state index is 11.6. The number of hydrogen-bond acceptors (Lipinski definition) is 3. The van der Waals surface area contributed by atoms with Gasteiger partial charge in [-0.1, -0.05) is 6.92 Å². The average Bonchev–Trinajstić information content (AvgIpc) is 2.73. The van der Waals surface area contributed by atoms with Crippen LogP contribution < -0.4 is 10.6 Å². The molecule has 19 heavy (non-hydrogen) atoms. The van der Waals surface area contributed by atoms with Gasteiger partial charge in [-0.05, 0) is 18.4 Å². The summed E-state index contributed by atoms with van der Waals surface area (Å²) >= 11 is 0. The van der Waals surface area contributed by atoms with Crippen molar-refractivity contribution in [3.8, 4) is 0 Å². The summed E-state index contributed by atoms with van der Waals surface area (Å²) in [6, 6.07) is -0.673. The zero-order chi connectivity index (χ0) is 14.3. The van der Waals surface area contributed by atoms with Crippen LogP contribution in [0.5, 0.6) is 0 Å². The van der Waals surface area contributed by atoms with Gasteiger partial charge >= 0.3 is 12.0 Å². The van der Waals surface area contributed by atoms with E-state index < -0.39 is 5.97 Å². The highest BCUT2D eigenvalue weighted by Gasteiger charge is 2.13. The van der Waals surface area contributed by atoms with Crippen molar-refractivity contribution >= 4 is 12.0 Å². The maximum Gasteiger partial charge on any atom is 0.315 e. The summed E-state index contributed by atoms with van der Waals surface area (Å²) in [5.74, 6) is -0.914. The number of nitrogens with one attached hydrogen (secondary N) is 2. The highest BCUT2D eigenvalue weighted by molar-refractivity contribution is 5.75. The number of aliphatic carboxylic acids is 1. The van der Waals surface area contributed by atoms with E-state index >= 15 is 0 Å². The Morgan fingerprint density at radius 3 is 2.79 bits per heavy atom. The zero-order valence-electron chi connectivity index (χ0n) is 11.2. The number of rotatable bonds is 7. The second-order valence-electron chi connectivity index (χ2n) is 4.38. The van der Waals surface area contributed by atoms with E-state index in [1.54, 1.807) is 10.9 Å². The van der Waals surface area contributed by atoms with Crippen molar-refractivity contribution in [3.63, 3.8) is 0 Å². The third-order valence-corrected chi connectivity index (χ3v) is 2.71. The number of nitrogens with zero attached hydrogens (tertiary/aromatic N) is 2. The number of carboxylic acids is 1. The third-order valence-electron chi connectivity index (χ3n) is 2.71. The Hall–Kier alpha value is -2.05. The molecule has 1 aromatic rings. The minimum Gasteiger partial charge on any atom is -0.481 e. The summed E-state index contributed by atoms with van der Waals surface area (Å²) in [4.78, 5) is 22.1. The molecule has 7 heteroatoms. The molecule has 1 atom stereocenters. The van der Waals surface area contributed by atoms with Crippen LogP contribution in [0, 0.1) is 0 Å². The van der Waals surface area contributed by atoms with Gasteiger partial charge in [0.2, 0.25) is 0 Å². The minimum atomic E-state index is -0.914. The maximum atomic E-state index is 11.6. The molecule has 0 aliphatic carbocycles. The van der Waals surface area contributed by atoms with Crippen LogP contribution in [0.15, 0.2) is 12.4 Å². The summed E-state index contributed by atoms with van der Waals surface area (Å²) in [6.45, 7) is 2.32. The molecule has 0 fully saturated rings. The van der Waals surface area contributed by atoms with Crippen LogP contribution in [-0.4, -0.2) is 39.5 Å². The van der Waals surface area contributed by atoms with Crippen molar-refractivity contribution in [1.82, 2.24) is 20.4 Å². The highest BCUT2D eigenvalue weighted by atomic mass is 16.4. The standard InChI is InChI=1S/C12H20N4O3/c1-3-10(6-11(17)18)15-12(19)13-5-4-9-7-14-16(2)8-9/h7-8,10H,3-6H2,1-2H3,(H,17,18)(H2,13,15,19). The van der Waals surface area contributed by atoms with Crippen molar-refractivity contribution in [2.45, 2.75) is 32.2 Å². The minimum absolute atomic E-state index is 0.0630. The zero-order valence-corrected chi connectivity index (χ0v) is 11.2. The predicted octanol–water partition coefficient (Wildman–Crippen LogP) is 0.515. The highest BCUT2D eigenvalue weighted by Crippen LogP contribution is 1.98. The number of amides is 2. The molecule has 106 valence electrons. The first-order valence-electron chi connectivity index (χ1n) is 6.25. The smallest absolute Gasteiger partial charge is 0.315 e. The lowest BCUT2D eigenvalue weighted by Crippen LogP contribution is -2.43. The Morgan fingerprint density at radius 2 is 2.26 bits per heavy atom. The molecule has 0 aromatic carbocycles. The summed E-state index contributed by atoms with van der Waals surface area (Å²) in [6.07, 6.45) is 4.85. The van der Waals surface area contributed by atoms with Crippen molar-refractivity contribution in [2.75, 3.05) is 6.54 Å². The third kappa shape index (κ3) is 5.89. The topological polar surface area (TPSA) is 96.2 Å². The molecule has 3 N–H and O–H groups in total. The van der Waals surface area contributed by atoms with Gasteiger partial charge < -0.3 is 15.7 Å². The normalized spacial score (nSPS) is 11.9. The van der Waals surface area contributed by atoms with E-state index in [-0.39, 0.29) is 18.5 Å². The van der Waals surface area contributed by atoms with Gasteiger partial charge in [0, 0.05) is 25.8 Å². The van der Waals surface area contributed by atoms with Crippen molar-refractivity contribution < 1.29 is 14.7 Å². The number of aromatic nitrogens is 2. The molecule has 0 aliphatic heterocycles. The van der Waals surface area contributed by atoms with Crippen LogP contribution in [0.2, 0.25) is 0 Å². The number of aryl methyl sites for hydroxylation is 1. The van der Waals surface area contributed by atoms with Gasteiger partial charge in [-0.15, -0.1) is 0 Å². The monoisotopic (exact) mass is 268 g/mol. The van der Waals surface area contributed by atoms with Gasteiger partial charge in [0.15, 0.2) is 0 Å². The molecule has 0 saturated carbocycles. The molecule has 1 aromatic heterocycles. The summed E-state index contributed by atoms with van der Waals surface area (Å²) in [5.41, 5.74) is 1.04. The second kappa shape index (κ2) is 7.40. The molecule has 1 rings (SSSR count). The Kier molecular flexibility index (Phi) is 5.84. The first kappa shape index (κ1) is 15.0. The molecule has 0 spiro atoms. The van der Waals surface area contributed by atoms with Crippen molar-refractivity contribution in [1.29, 1.82) is 0 Å². The molecule has 7 nitrogen and oxygen atoms in total. The Balaban J connectivity index is 2.25. The number of urea groups is 1. The quantitative estimate of drug-likeness (QED) is 0.671. The van der Waals surface area contributed by atoms with E-state index in [1.807, 2.05) is 20.2 Å². The van der Waals surface area contributed by atoms with Crippen LogP contribution in [0.3, 0.4) is 0 Å². The van der Waals surface area contributed by atoms with Crippen LogP contribution in [0.4, 0.5) is 4.79 Å². The summed E-state index contributed by atoms with van der Waals surface area (Å²) in [7, 11) is 1.83. The lowest BCUT2D eigenvalue weighted by atomic mass is 10.1. The number of hydrogen-bond donors (Lipinski definition) is 3. The van der Waals surface area contributed by atoms with Crippen molar-refractivity contribution in [3.05, 3.63) is 18.0 Å². The van der Waals surface area contributed by atoms with Crippen LogP contribution >= 0.6 is 0 Å². The average molecular weight is 268 g/mol. The Morgan fingerprint density at radius 1 is 1.53 bits per heavy atom. The lowest BCUT2D eigenvalue weighted by molar-refractivity contribution is -0.137. The fraction of sp³-hybridized carbons (Fsp3) is 0.583. The van der Waals surface area contributed by atoms with Gasteiger partial charge in [-0.3, -0.25) is 9.48 Å². The number of carbonyl (C=O) groups is 2. The van der Waals surface area contributed by atoms with Crippen molar-refractivity contribution in [2.24, 2.45) is 7.05 Å². The van der Waals surface area contributed by atoms with Gasteiger partial charge in [-0.25, -0.2) is 4.79 Å². The van der Waals surface area contributed by atoms with Gasteiger partial charge in [0.25, 0.3) is 0 Å². The molecule has 2 amide bonds. The summed E-state index contributed by atoms with van der Waals surface area (Å²) in [5, 5.41) is 18.0. The second-order valence-corrected chi connectivity index (χ2v) is 4.38. The molecule has 1 heterocycles. The van der Waals surface area contributed by atoms with E-state index in [2.05, 4.69) is 15.7 Å². The molecule has 0 aliphatic rings. The lowest BCUT2D eigenvalue weighted by Gasteiger charge is -2.15. The van der Waals surface area contributed by atoms with E-state index in [0.717, 1.165) is 5.56 Å². The van der Waals surface area contributed by atoms with E-state index in [9.17, 15) is 9.59 Å². The molecule has 0 radical (unpaired) electrons. The molecule has 0 saturated heterocycles. The van der Waals surface area contributed by atoms with Gasteiger partial charge in [0.1, 0.15) is 0 Å². The first-order chi connectivity index (χ1) is 9.01. The van der Waals surface area contributed by atoms with E-state index in [0.29, 0.717) is 19.4 Å². The molecular formula is C12H20N4O3. The van der Waals surface area contributed by atoms with Crippen LogP contribution in [0.25, 0.3) is 0 Å². The largest absolute Gasteiger partial charge is 0.481 e. The van der Waals surface area contributed by atoms with E-state index in [4.69, 9.17) is 5.11 Å².